The second-order valence-corrected chi connectivity index (χ2v) is 5.71. The van der Waals surface area contributed by atoms with E-state index < -0.39 is 0 Å². The molecule has 5 nitrogen and oxygen atoms in total. The molecule has 2 aliphatic heterocycles. The molecule has 1 saturated heterocycles. The van der Waals surface area contributed by atoms with Gasteiger partial charge in [0.15, 0.2) is 5.78 Å². The molecule has 1 fully saturated rings. The quantitative estimate of drug-likeness (QED) is 0.791. The van der Waals surface area contributed by atoms with Gasteiger partial charge in [0.2, 0.25) is 0 Å². The van der Waals surface area contributed by atoms with E-state index in [4.69, 9.17) is 0 Å². The summed E-state index contributed by atoms with van der Waals surface area (Å²) in [7, 11) is 0. The first-order valence-corrected chi connectivity index (χ1v) is 7.64. The van der Waals surface area contributed by atoms with Crippen LogP contribution >= 0.6 is 0 Å². The maximum Gasteiger partial charge on any atom is 0.267 e. The summed E-state index contributed by atoms with van der Waals surface area (Å²) in [6.07, 6.45) is 10.4. The van der Waals surface area contributed by atoms with E-state index in [1.54, 1.807) is 0 Å². The standard InChI is InChI=1S/C16H21N3O2/c20-15-11-14(18-13-6-2-1-5-12(13)15)16(21)17-7-10-19-8-3-4-9-19/h1-2,5,11,13,18H,3-4,6-10H2,(H,17,21). The molecule has 1 amide bonds. The fourth-order valence-corrected chi connectivity index (χ4v) is 3.02. The van der Waals surface area contributed by atoms with Crippen LogP contribution in [0.1, 0.15) is 19.3 Å². The molecular formula is C16H21N3O2. The van der Waals surface area contributed by atoms with Crippen molar-refractivity contribution in [3.8, 4) is 0 Å². The molecule has 0 aromatic rings. The largest absolute Gasteiger partial charge is 0.373 e. The molecular weight excluding hydrogens is 266 g/mol. The van der Waals surface area contributed by atoms with E-state index in [-0.39, 0.29) is 17.7 Å². The minimum atomic E-state index is -0.184. The molecule has 2 N–H and O–H groups in total. The van der Waals surface area contributed by atoms with E-state index in [0.717, 1.165) is 31.6 Å². The Labute approximate surface area is 124 Å². The van der Waals surface area contributed by atoms with Crippen molar-refractivity contribution in [2.75, 3.05) is 26.2 Å². The Hall–Kier alpha value is -1.88. The highest BCUT2D eigenvalue weighted by Crippen LogP contribution is 2.20. The lowest BCUT2D eigenvalue weighted by Gasteiger charge is -2.27. The van der Waals surface area contributed by atoms with E-state index in [1.165, 1.54) is 18.9 Å². The molecule has 1 unspecified atom stereocenters. The zero-order valence-corrected chi connectivity index (χ0v) is 12.1. The molecule has 0 spiro atoms. The van der Waals surface area contributed by atoms with Gasteiger partial charge in [-0.15, -0.1) is 0 Å². The first-order valence-electron chi connectivity index (χ1n) is 7.64. The number of hydrogen-bond donors (Lipinski definition) is 2. The molecule has 3 rings (SSSR count). The molecule has 0 saturated carbocycles. The van der Waals surface area contributed by atoms with Crippen LogP contribution in [-0.2, 0) is 9.59 Å². The highest BCUT2D eigenvalue weighted by atomic mass is 16.2. The van der Waals surface area contributed by atoms with Crippen molar-refractivity contribution < 1.29 is 9.59 Å². The van der Waals surface area contributed by atoms with Gasteiger partial charge < -0.3 is 15.5 Å². The summed E-state index contributed by atoms with van der Waals surface area (Å²) in [5, 5.41) is 6.05. The van der Waals surface area contributed by atoms with E-state index in [0.29, 0.717) is 12.2 Å². The van der Waals surface area contributed by atoms with Gasteiger partial charge in [-0.05, 0) is 32.4 Å². The molecule has 0 aromatic carbocycles. The Morgan fingerprint density at radius 2 is 2.19 bits per heavy atom. The van der Waals surface area contributed by atoms with Crippen molar-refractivity contribution in [1.82, 2.24) is 15.5 Å². The lowest BCUT2D eigenvalue weighted by molar-refractivity contribution is -0.119. The van der Waals surface area contributed by atoms with Crippen LogP contribution in [0.15, 0.2) is 35.6 Å². The molecule has 5 heteroatoms. The third-order valence-electron chi connectivity index (χ3n) is 4.21. The third kappa shape index (κ3) is 3.24. The van der Waals surface area contributed by atoms with Crippen molar-refractivity contribution in [3.05, 3.63) is 35.6 Å². The molecule has 3 aliphatic rings. The molecule has 2 heterocycles. The Kier molecular flexibility index (Phi) is 4.20. The number of hydrogen-bond acceptors (Lipinski definition) is 4. The minimum Gasteiger partial charge on any atom is -0.373 e. The van der Waals surface area contributed by atoms with Crippen LogP contribution in [0.3, 0.4) is 0 Å². The Morgan fingerprint density at radius 1 is 1.38 bits per heavy atom. The highest BCUT2D eigenvalue weighted by molar-refractivity contribution is 6.11. The van der Waals surface area contributed by atoms with Crippen LogP contribution in [0.25, 0.3) is 0 Å². The van der Waals surface area contributed by atoms with Gasteiger partial charge in [0, 0.05) is 24.7 Å². The fourth-order valence-electron chi connectivity index (χ4n) is 3.02. The van der Waals surface area contributed by atoms with Crippen LogP contribution in [0, 0.1) is 0 Å². The number of rotatable bonds is 4. The van der Waals surface area contributed by atoms with Gasteiger partial charge in [0.1, 0.15) is 5.70 Å². The molecule has 0 bridgehead atoms. The first-order chi connectivity index (χ1) is 10.2. The second kappa shape index (κ2) is 6.26. The number of ketones is 1. The smallest absolute Gasteiger partial charge is 0.267 e. The number of fused-ring (bicyclic) bond motifs is 1. The molecule has 112 valence electrons. The van der Waals surface area contributed by atoms with Crippen LogP contribution < -0.4 is 10.6 Å². The average molecular weight is 287 g/mol. The highest BCUT2D eigenvalue weighted by Gasteiger charge is 2.28. The number of nitrogens with one attached hydrogen (secondary N) is 2. The number of allylic oxidation sites excluding steroid dienone is 3. The monoisotopic (exact) mass is 287 g/mol. The van der Waals surface area contributed by atoms with E-state index in [2.05, 4.69) is 15.5 Å². The number of likely N-dealkylation sites (tertiary alicyclic amines) is 1. The summed E-state index contributed by atoms with van der Waals surface area (Å²) >= 11 is 0. The zero-order valence-electron chi connectivity index (χ0n) is 12.1. The Morgan fingerprint density at radius 3 is 3.00 bits per heavy atom. The Bertz CT molecular complexity index is 528. The Balaban J connectivity index is 1.54. The zero-order chi connectivity index (χ0) is 14.7. The topological polar surface area (TPSA) is 61.4 Å². The summed E-state index contributed by atoms with van der Waals surface area (Å²) < 4.78 is 0. The van der Waals surface area contributed by atoms with Gasteiger partial charge in [-0.1, -0.05) is 18.2 Å². The molecule has 1 atom stereocenters. The van der Waals surface area contributed by atoms with Crippen molar-refractivity contribution >= 4 is 11.7 Å². The number of nitrogens with zero attached hydrogens (tertiary/aromatic N) is 1. The van der Waals surface area contributed by atoms with Crippen LogP contribution in [0.2, 0.25) is 0 Å². The van der Waals surface area contributed by atoms with Crippen LogP contribution in [-0.4, -0.2) is 48.8 Å². The maximum absolute atomic E-state index is 12.1. The van der Waals surface area contributed by atoms with Gasteiger partial charge >= 0.3 is 0 Å². The van der Waals surface area contributed by atoms with Gasteiger partial charge in [0.25, 0.3) is 5.91 Å². The predicted molar refractivity (Wildman–Crippen MR) is 80.5 cm³/mol. The van der Waals surface area contributed by atoms with Crippen LogP contribution in [0.4, 0.5) is 0 Å². The van der Waals surface area contributed by atoms with Gasteiger partial charge in [-0.2, -0.15) is 0 Å². The van der Waals surface area contributed by atoms with Crippen molar-refractivity contribution in [2.24, 2.45) is 0 Å². The number of carbonyl (C=O) groups is 2. The number of carbonyl (C=O) groups excluding carboxylic acids is 2. The molecule has 1 aliphatic carbocycles. The summed E-state index contributed by atoms with van der Waals surface area (Å²) in [4.78, 5) is 26.5. The SMILES string of the molecule is O=C1C=C(C(=O)NCCN2CCCC2)NC2CC=CC=C12. The predicted octanol–water partition coefficient (Wildman–Crippen LogP) is 0.509. The summed E-state index contributed by atoms with van der Waals surface area (Å²) in [6.45, 7) is 3.75. The fraction of sp³-hybridized carbons (Fsp3) is 0.500. The van der Waals surface area contributed by atoms with Gasteiger partial charge in [0.05, 0.1) is 6.04 Å². The van der Waals surface area contributed by atoms with E-state index in [9.17, 15) is 9.59 Å². The molecule has 21 heavy (non-hydrogen) atoms. The maximum atomic E-state index is 12.1. The van der Waals surface area contributed by atoms with Crippen molar-refractivity contribution in [2.45, 2.75) is 25.3 Å². The second-order valence-electron chi connectivity index (χ2n) is 5.71. The first kappa shape index (κ1) is 14.1. The van der Waals surface area contributed by atoms with Crippen molar-refractivity contribution in [3.63, 3.8) is 0 Å². The lowest BCUT2D eigenvalue weighted by Crippen LogP contribution is -2.44. The van der Waals surface area contributed by atoms with Crippen LogP contribution in [0.5, 0.6) is 0 Å². The summed E-state index contributed by atoms with van der Waals surface area (Å²) in [5.41, 5.74) is 1.13. The minimum absolute atomic E-state index is 0.0622. The molecule has 0 radical (unpaired) electrons. The average Bonchev–Trinajstić information content (AvgIpc) is 3.00. The summed E-state index contributed by atoms with van der Waals surface area (Å²) in [6, 6.07) is -0.0631. The summed E-state index contributed by atoms with van der Waals surface area (Å²) in [5.74, 6) is -0.246. The van der Waals surface area contributed by atoms with E-state index in [1.807, 2.05) is 18.2 Å². The van der Waals surface area contributed by atoms with E-state index >= 15 is 0 Å². The lowest BCUT2D eigenvalue weighted by atomic mass is 9.91. The van der Waals surface area contributed by atoms with Crippen molar-refractivity contribution in [1.29, 1.82) is 0 Å². The number of amides is 1. The third-order valence-corrected chi connectivity index (χ3v) is 4.21. The van der Waals surface area contributed by atoms with Gasteiger partial charge in [-0.25, -0.2) is 0 Å². The van der Waals surface area contributed by atoms with Gasteiger partial charge in [-0.3, -0.25) is 9.59 Å². The molecule has 0 aromatic heterocycles. The normalized spacial score (nSPS) is 25.0.